The van der Waals surface area contributed by atoms with Crippen molar-refractivity contribution in [1.29, 1.82) is 0 Å². The maximum atomic E-state index is 12.5. The predicted octanol–water partition coefficient (Wildman–Crippen LogP) is 3.87. The fraction of sp³-hybridized carbons (Fsp3) is 0.235. The van der Waals surface area contributed by atoms with Crippen LogP contribution in [0.15, 0.2) is 41.3 Å². The Kier molecular flexibility index (Phi) is 3.71. The minimum Gasteiger partial charge on any atom is -0.259 e. The molecule has 0 unspecified atom stereocenters. The zero-order chi connectivity index (χ0) is 15.9. The molecule has 0 fully saturated rings. The SMILES string of the molecule is Cc1cc2c(Cl)nc(=O)n(-c3ccccc3C(C)C)c2cn1. The van der Waals surface area contributed by atoms with Crippen molar-refractivity contribution in [3.8, 4) is 5.69 Å². The molecular formula is C17H16ClN3O. The molecule has 4 nitrogen and oxygen atoms in total. The first-order chi connectivity index (χ1) is 10.5. The van der Waals surface area contributed by atoms with Crippen LogP contribution in [0.2, 0.25) is 5.15 Å². The van der Waals surface area contributed by atoms with Gasteiger partial charge in [0.05, 0.1) is 17.4 Å². The normalized spacial score (nSPS) is 11.3. The predicted molar refractivity (Wildman–Crippen MR) is 89.0 cm³/mol. The molecule has 0 spiro atoms. The zero-order valence-electron chi connectivity index (χ0n) is 12.7. The topological polar surface area (TPSA) is 47.8 Å². The average Bonchev–Trinajstić information content (AvgIpc) is 2.48. The summed E-state index contributed by atoms with van der Waals surface area (Å²) in [5, 5.41) is 0.941. The van der Waals surface area contributed by atoms with Crippen molar-refractivity contribution in [3.63, 3.8) is 0 Å². The molecule has 0 aliphatic rings. The van der Waals surface area contributed by atoms with E-state index < -0.39 is 5.69 Å². The van der Waals surface area contributed by atoms with E-state index in [1.807, 2.05) is 37.3 Å². The third-order valence-corrected chi connectivity index (χ3v) is 3.96. The highest BCUT2D eigenvalue weighted by atomic mass is 35.5. The van der Waals surface area contributed by atoms with Gasteiger partial charge in [0.2, 0.25) is 0 Å². The van der Waals surface area contributed by atoms with Crippen molar-refractivity contribution < 1.29 is 0 Å². The molecule has 0 radical (unpaired) electrons. The van der Waals surface area contributed by atoms with Crippen molar-refractivity contribution in [3.05, 3.63) is 63.4 Å². The molecule has 0 aliphatic carbocycles. The van der Waals surface area contributed by atoms with Gasteiger partial charge in [-0.25, -0.2) is 4.79 Å². The van der Waals surface area contributed by atoms with Crippen LogP contribution in [0.3, 0.4) is 0 Å². The van der Waals surface area contributed by atoms with Gasteiger partial charge < -0.3 is 0 Å². The maximum absolute atomic E-state index is 12.5. The summed E-state index contributed by atoms with van der Waals surface area (Å²) in [6, 6.07) is 9.67. The number of aryl methyl sites for hydroxylation is 1. The highest BCUT2D eigenvalue weighted by Gasteiger charge is 2.15. The number of nitrogens with zero attached hydrogens (tertiary/aromatic N) is 3. The molecule has 1 aromatic carbocycles. The van der Waals surface area contributed by atoms with Gasteiger partial charge in [-0.2, -0.15) is 4.98 Å². The Hall–Kier alpha value is -2.20. The second-order valence-corrected chi connectivity index (χ2v) is 5.93. The van der Waals surface area contributed by atoms with Crippen molar-refractivity contribution in [2.24, 2.45) is 0 Å². The lowest BCUT2D eigenvalue weighted by Gasteiger charge is -2.16. The fourth-order valence-corrected chi connectivity index (χ4v) is 2.83. The Morgan fingerprint density at radius 2 is 1.95 bits per heavy atom. The molecule has 2 heterocycles. The van der Waals surface area contributed by atoms with Crippen LogP contribution < -0.4 is 5.69 Å². The molecule has 3 aromatic rings. The Morgan fingerprint density at radius 1 is 1.23 bits per heavy atom. The zero-order valence-corrected chi connectivity index (χ0v) is 13.4. The van der Waals surface area contributed by atoms with Gasteiger partial charge in [0.1, 0.15) is 5.15 Å². The standard InChI is InChI=1S/C17H16ClN3O/c1-10(2)12-6-4-5-7-14(12)21-15-9-19-11(3)8-13(15)16(18)20-17(21)22/h4-10H,1-3H3. The molecule has 0 saturated heterocycles. The van der Waals surface area contributed by atoms with E-state index >= 15 is 0 Å². The highest BCUT2D eigenvalue weighted by Crippen LogP contribution is 2.26. The van der Waals surface area contributed by atoms with Crippen LogP contribution in [0.25, 0.3) is 16.6 Å². The molecule has 5 heteroatoms. The van der Waals surface area contributed by atoms with Gasteiger partial charge >= 0.3 is 5.69 Å². The summed E-state index contributed by atoms with van der Waals surface area (Å²) in [7, 11) is 0. The van der Waals surface area contributed by atoms with E-state index in [4.69, 9.17) is 11.6 Å². The van der Waals surface area contributed by atoms with E-state index in [1.54, 1.807) is 10.8 Å². The molecule has 0 aliphatic heterocycles. The lowest BCUT2D eigenvalue weighted by atomic mass is 10.0. The van der Waals surface area contributed by atoms with E-state index in [1.165, 1.54) is 0 Å². The first kappa shape index (κ1) is 14.7. The molecule has 0 N–H and O–H groups in total. The smallest absolute Gasteiger partial charge is 0.259 e. The highest BCUT2D eigenvalue weighted by molar-refractivity contribution is 6.34. The quantitative estimate of drug-likeness (QED) is 0.675. The number of hydrogen-bond acceptors (Lipinski definition) is 3. The summed E-state index contributed by atoms with van der Waals surface area (Å²) in [5.74, 6) is 0.284. The van der Waals surface area contributed by atoms with Crippen molar-refractivity contribution in [2.45, 2.75) is 26.7 Å². The maximum Gasteiger partial charge on any atom is 0.354 e. The molecule has 0 saturated carbocycles. The minimum absolute atomic E-state index is 0.212. The third kappa shape index (κ3) is 2.40. The summed E-state index contributed by atoms with van der Waals surface area (Å²) in [6.07, 6.45) is 1.68. The number of pyridine rings is 1. The largest absolute Gasteiger partial charge is 0.354 e. The van der Waals surface area contributed by atoms with Gasteiger partial charge in [-0.1, -0.05) is 43.6 Å². The number of hydrogen-bond donors (Lipinski definition) is 0. The van der Waals surface area contributed by atoms with Gasteiger partial charge in [-0.15, -0.1) is 0 Å². The number of benzene rings is 1. The minimum atomic E-state index is -0.392. The molecule has 2 aromatic heterocycles. The van der Waals surface area contributed by atoms with E-state index in [9.17, 15) is 4.79 Å². The second kappa shape index (κ2) is 5.54. The number of aromatic nitrogens is 3. The summed E-state index contributed by atoms with van der Waals surface area (Å²) < 4.78 is 1.59. The Labute approximate surface area is 133 Å². The monoisotopic (exact) mass is 313 g/mol. The molecular weight excluding hydrogens is 298 g/mol. The Bertz CT molecular complexity index is 915. The van der Waals surface area contributed by atoms with E-state index in [2.05, 4.69) is 23.8 Å². The third-order valence-electron chi connectivity index (χ3n) is 3.67. The first-order valence-electron chi connectivity index (χ1n) is 7.13. The average molecular weight is 314 g/mol. The Morgan fingerprint density at radius 3 is 2.68 bits per heavy atom. The van der Waals surface area contributed by atoms with Gasteiger partial charge in [-0.3, -0.25) is 9.55 Å². The number of rotatable bonds is 2. The van der Waals surface area contributed by atoms with Crippen LogP contribution >= 0.6 is 11.6 Å². The lowest BCUT2D eigenvalue weighted by Crippen LogP contribution is -2.23. The van der Waals surface area contributed by atoms with Crippen molar-refractivity contribution in [1.82, 2.24) is 14.5 Å². The van der Waals surface area contributed by atoms with Crippen LogP contribution in [0.5, 0.6) is 0 Å². The van der Waals surface area contributed by atoms with E-state index in [-0.39, 0.29) is 11.1 Å². The molecule has 0 atom stereocenters. The number of fused-ring (bicyclic) bond motifs is 1. The summed E-state index contributed by atoms with van der Waals surface area (Å²) >= 11 is 6.14. The van der Waals surface area contributed by atoms with Crippen LogP contribution in [0.1, 0.15) is 31.0 Å². The second-order valence-electron chi connectivity index (χ2n) is 5.58. The van der Waals surface area contributed by atoms with Crippen molar-refractivity contribution in [2.75, 3.05) is 0 Å². The van der Waals surface area contributed by atoms with Gasteiger partial charge in [0, 0.05) is 11.1 Å². The van der Waals surface area contributed by atoms with E-state index in [0.717, 1.165) is 22.3 Å². The fourth-order valence-electron chi connectivity index (χ4n) is 2.61. The number of para-hydroxylation sites is 1. The van der Waals surface area contributed by atoms with Crippen LogP contribution in [0.4, 0.5) is 0 Å². The molecule has 3 rings (SSSR count). The van der Waals surface area contributed by atoms with Crippen LogP contribution in [0, 0.1) is 6.92 Å². The Balaban J connectivity index is 2.45. The van der Waals surface area contributed by atoms with Crippen LogP contribution in [-0.2, 0) is 0 Å². The summed E-state index contributed by atoms with van der Waals surface area (Å²) in [4.78, 5) is 20.7. The molecule has 0 bridgehead atoms. The van der Waals surface area contributed by atoms with E-state index in [0.29, 0.717) is 5.52 Å². The summed E-state index contributed by atoms with van der Waals surface area (Å²) in [6.45, 7) is 6.07. The summed E-state index contributed by atoms with van der Waals surface area (Å²) in [5.41, 5.74) is 3.01. The molecule has 22 heavy (non-hydrogen) atoms. The lowest BCUT2D eigenvalue weighted by molar-refractivity contribution is 0.836. The molecule has 112 valence electrons. The van der Waals surface area contributed by atoms with Crippen molar-refractivity contribution >= 4 is 22.5 Å². The van der Waals surface area contributed by atoms with Crippen LogP contribution in [-0.4, -0.2) is 14.5 Å². The van der Waals surface area contributed by atoms with Gasteiger partial charge in [0.25, 0.3) is 0 Å². The number of halogens is 1. The first-order valence-corrected chi connectivity index (χ1v) is 7.51. The molecule has 0 amide bonds. The van der Waals surface area contributed by atoms with Gasteiger partial charge in [-0.05, 0) is 30.5 Å². The van der Waals surface area contributed by atoms with Gasteiger partial charge in [0.15, 0.2) is 0 Å².